The minimum atomic E-state index is -1.01. The number of aromatic carboxylic acids is 1. The third-order valence-electron chi connectivity index (χ3n) is 8.20. The highest BCUT2D eigenvalue weighted by molar-refractivity contribution is 5.97. The van der Waals surface area contributed by atoms with E-state index >= 15 is 0 Å². The molecule has 1 aromatic rings. The van der Waals surface area contributed by atoms with Gasteiger partial charge in [0.05, 0.1) is 17.3 Å². The summed E-state index contributed by atoms with van der Waals surface area (Å²) in [6.07, 6.45) is 7.77. The molecular weight excluding hydrogens is 382 g/mol. The maximum Gasteiger partial charge on any atom is 0.335 e. The number of hydrogen-bond donors (Lipinski definition) is 2. The van der Waals surface area contributed by atoms with Crippen molar-refractivity contribution in [2.75, 3.05) is 5.32 Å². The summed E-state index contributed by atoms with van der Waals surface area (Å²) < 4.78 is 6.45. The van der Waals surface area contributed by atoms with Gasteiger partial charge >= 0.3 is 5.97 Å². The second kappa shape index (κ2) is 6.27. The molecule has 30 heavy (non-hydrogen) atoms. The van der Waals surface area contributed by atoms with Crippen LogP contribution in [-0.2, 0) is 14.3 Å². The lowest BCUT2D eigenvalue weighted by molar-refractivity contribution is -0.169. The van der Waals surface area contributed by atoms with Crippen LogP contribution in [0.1, 0.15) is 56.3 Å². The number of carbonyl (C=O) groups is 3. The Kier molecular flexibility index (Phi) is 4.07. The number of anilines is 1. The van der Waals surface area contributed by atoms with E-state index in [0.717, 1.165) is 19.3 Å². The van der Waals surface area contributed by atoms with Gasteiger partial charge in [0.2, 0.25) is 5.91 Å². The van der Waals surface area contributed by atoms with Crippen LogP contribution in [0.5, 0.6) is 0 Å². The molecule has 1 unspecified atom stereocenters. The fourth-order valence-electron chi connectivity index (χ4n) is 6.93. The highest BCUT2D eigenvalue weighted by Gasteiger charge is 2.71. The van der Waals surface area contributed by atoms with Crippen molar-refractivity contribution in [3.63, 3.8) is 0 Å². The third-order valence-corrected chi connectivity index (χ3v) is 8.20. The first-order valence-corrected chi connectivity index (χ1v) is 10.7. The Morgan fingerprint density at radius 3 is 2.63 bits per heavy atom. The number of amides is 1. The molecule has 5 aliphatic rings. The lowest BCUT2D eigenvalue weighted by Crippen LogP contribution is -2.56. The largest absolute Gasteiger partial charge is 0.478 e. The minimum absolute atomic E-state index is 0.0202. The smallest absolute Gasteiger partial charge is 0.335 e. The van der Waals surface area contributed by atoms with Crippen molar-refractivity contribution in [1.82, 2.24) is 0 Å². The van der Waals surface area contributed by atoms with E-state index < -0.39 is 11.4 Å². The predicted molar refractivity (Wildman–Crippen MR) is 110 cm³/mol. The van der Waals surface area contributed by atoms with Gasteiger partial charge in [-0.2, -0.15) is 0 Å². The zero-order chi connectivity index (χ0) is 21.3. The molecule has 2 aliphatic heterocycles. The quantitative estimate of drug-likeness (QED) is 0.771. The standard InChI is InChI=1S/C24H27NO5/c1-22(9-8-19(27)25-16-5-3-14(4-6-16)21(28)29)18(26)7-10-24-12-15-11-17(20(22)24)30-23(15,2)13-24/h3-7,10,15,17,20H,8-9,11-13H2,1-2H3,(H,25,27)(H,28,29)/t15?,17-,20-,22+,23-,24-/m0/s1. The van der Waals surface area contributed by atoms with E-state index in [2.05, 4.69) is 18.3 Å². The van der Waals surface area contributed by atoms with Gasteiger partial charge in [0.15, 0.2) is 5.78 Å². The Labute approximate surface area is 175 Å². The lowest BCUT2D eigenvalue weighted by atomic mass is 9.51. The SMILES string of the molecule is C[C@]12C[C@@]34C=CC(=O)[C@@](C)(CCC(=O)Nc5ccc(C(=O)O)cc5)[C@@H]3[C@H](CC1C4)O2. The van der Waals surface area contributed by atoms with Crippen molar-refractivity contribution in [2.45, 2.75) is 57.7 Å². The van der Waals surface area contributed by atoms with Crippen LogP contribution in [0.25, 0.3) is 0 Å². The molecule has 2 N–H and O–H groups in total. The average Bonchev–Trinajstić information content (AvgIpc) is 3.05. The fourth-order valence-corrected chi connectivity index (χ4v) is 6.93. The summed E-state index contributed by atoms with van der Waals surface area (Å²) in [5.41, 5.74) is 0.0696. The van der Waals surface area contributed by atoms with Crippen LogP contribution in [0.4, 0.5) is 5.69 Å². The molecule has 0 aromatic heterocycles. The van der Waals surface area contributed by atoms with E-state index in [9.17, 15) is 14.4 Å². The number of allylic oxidation sites excluding steroid dienone is 2. The van der Waals surface area contributed by atoms with Gasteiger partial charge in [-0.15, -0.1) is 0 Å². The van der Waals surface area contributed by atoms with Gasteiger partial charge in [0.25, 0.3) is 0 Å². The van der Waals surface area contributed by atoms with E-state index in [1.807, 2.05) is 6.92 Å². The topological polar surface area (TPSA) is 92.7 Å². The lowest BCUT2D eigenvalue weighted by Gasteiger charge is -2.55. The zero-order valence-corrected chi connectivity index (χ0v) is 17.3. The normalized spacial score (nSPS) is 40.5. The molecule has 6 atom stereocenters. The fraction of sp³-hybridized carbons (Fsp3) is 0.542. The number of carboxylic acid groups (broad SMARTS) is 1. The number of ketones is 1. The molecule has 6 heteroatoms. The highest BCUT2D eigenvalue weighted by Crippen LogP contribution is 2.71. The number of ether oxygens (including phenoxy) is 1. The van der Waals surface area contributed by atoms with E-state index in [4.69, 9.17) is 9.84 Å². The van der Waals surface area contributed by atoms with E-state index in [-0.39, 0.29) is 46.7 Å². The predicted octanol–water partition coefficient (Wildman–Crippen LogP) is 3.82. The molecule has 1 spiro atoms. The van der Waals surface area contributed by atoms with Gasteiger partial charge in [-0.3, -0.25) is 9.59 Å². The van der Waals surface area contributed by atoms with Crippen molar-refractivity contribution >= 4 is 23.3 Å². The van der Waals surface area contributed by atoms with Crippen molar-refractivity contribution in [1.29, 1.82) is 0 Å². The molecule has 6 rings (SSSR count). The number of nitrogens with one attached hydrogen (secondary N) is 1. The molecule has 2 saturated heterocycles. The monoisotopic (exact) mass is 409 g/mol. The minimum Gasteiger partial charge on any atom is -0.478 e. The first-order chi connectivity index (χ1) is 14.2. The van der Waals surface area contributed by atoms with Gasteiger partial charge in [-0.1, -0.05) is 13.0 Å². The van der Waals surface area contributed by atoms with Crippen LogP contribution in [0.3, 0.4) is 0 Å². The molecule has 1 amide bonds. The highest BCUT2D eigenvalue weighted by atomic mass is 16.5. The molecule has 0 radical (unpaired) electrons. The molecular formula is C24H27NO5. The zero-order valence-electron chi connectivity index (χ0n) is 17.3. The Balaban J connectivity index is 1.31. The Morgan fingerprint density at radius 1 is 1.23 bits per heavy atom. The molecule has 6 nitrogen and oxygen atoms in total. The molecule has 3 aliphatic carbocycles. The van der Waals surface area contributed by atoms with Crippen LogP contribution in [0, 0.1) is 22.7 Å². The maximum atomic E-state index is 13.0. The summed E-state index contributed by atoms with van der Waals surface area (Å²) in [4.78, 5) is 36.6. The van der Waals surface area contributed by atoms with Gasteiger partial charge in [0.1, 0.15) is 0 Å². The summed E-state index contributed by atoms with van der Waals surface area (Å²) in [5, 5.41) is 11.8. The molecule has 2 heterocycles. The second-order valence-electron chi connectivity index (χ2n) is 10.0. The van der Waals surface area contributed by atoms with Crippen LogP contribution < -0.4 is 5.32 Å². The van der Waals surface area contributed by atoms with Gasteiger partial charge in [-0.25, -0.2) is 4.79 Å². The van der Waals surface area contributed by atoms with Crippen molar-refractivity contribution in [3.8, 4) is 0 Å². The number of rotatable bonds is 5. The van der Waals surface area contributed by atoms with Crippen molar-refractivity contribution in [3.05, 3.63) is 42.0 Å². The average molecular weight is 409 g/mol. The molecule has 2 saturated carbocycles. The summed E-state index contributed by atoms with van der Waals surface area (Å²) in [7, 11) is 0. The molecule has 4 bridgehead atoms. The Bertz CT molecular complexity index is 968. The first kappa shape index (κ1) is 19.5. The number of hydrogen-bond acceptors (Lipinski definition) is 4. The molecule has 158 valence electrons. The van der Waals surface area contributed by atoms with E-state index in [1.165, 1.54) is 12.1 Å². The van der Waals surface area contributed by atoms with Crippen LogP contribution in [0.15, 0.2) is 36.4 Å². The van der Waals surface area contributed by atoms with Crippen molar-refractivity contribution in [2.24, 2.45) is 22.7 Å². The van der Waals surface area contributed by atoms with E-state index in [1.54, 1.807) is 18.2 Å². The number of carbonyl (C=O) groups excluding carboxylic acids is 2. The third kappa shape index (κ3) is 2.69. The second-order valence-corrected chi connectivity index (χ2v) is 10.0. The molecule has 1 aromatic carbocycles. The summed E-state index contributed by atoms with van der Waals surface area (Å²) in [5.74, 6) is -0.390. The van der Waals surface area contributed by atoms with Crippen LogP contribution in [-0.4, -0.2) is 34.5 Å². The summed E-state index contributed by atoms with van der Waals surface area (Å²) in [6.45, 7) is 4.23. The Hall–Kier alpha value is -2.47. The van der Waals surface area contributed by atoms with Gasteiger partial charge < -0.3 is 15.2 Å². The summed E-state index contributed by atoms with van der Waals surface area (Å²) >= 11 is 0. The number of benzene rings is 1. The Morgan fingerprint density at radius 2 is 1.97 bits per heavy atom. The van der Waals surface area contributed by atoms with Crippen molar-refractivity contribution < 1.29 is 24.2 Å². The number of carboxylic acids is 1. The first-order valence-electron chi connectivity index (χ1n) is 10.7. The maximum absolute atomic E-state index is 13.0. The van der Waals surface area contributed by atoms with Gasteiger partial charge in [-0.05, 0) is 74.3 Å². The van der Waals surface area contributed by atoms with Gasteiger partial charge in [0, 0.05) is 23.4 Å². The summed E-state index contributed by atoms with van der Waals surface area (Å²) in [6, 6.07) is 6.08. The van der Waals surface area contributed by atoms with Crippen LogP contribution >= 0.6 is 0 Å². The van der Waals surface area contributed by atoms with E-state index in [0.29, 0.717) is 18.0 Å². The van der Waals surface area contributed by atoms with Crippen LogP contribution in [0.2, 0.25) is 0 Å². The molecule has 4 fully saturated rings.